The number of hydrazone groups is 1. The van der Waals surface area contributed by atoms with Crippen molar-refractivity contribution < 1.29 is 24.0 Å². The number of benzene rings is 4. The Labute approximate surface area is 212 Å². The first-order valence-corrected chi connectivity index (χ1v) is 11.4. The molecule has 1 N–H and O–H groups in total. The van der Waals surface area contributed by atoms with Gasteiger partial charge in [-0.2, -0.15) is 5.10 Å². The van der Waals surface area contributed by atoms with E-state index in [1.54, 1.807) is 18.2 Å². The van der Waals surface area contributed by atoms with Crippen molar-refractivity contribution in [3.63, 3.8) is 0 Å². The summed E-state index contributed by atoms with van der Waals surface area (Å²) in [5.41, 5.74) is 4.29. The molecular formula is C28H23N3O6. The van der Waals surface area contributed by atoms with E-state index in [0.29, 0.717) is 16.9 Å². The molecule has 0 aromatic heterocycles. The molecule has 0 aliphatic carbocycles. The fourth-order valence-electron chi connectivity index (χ4n) is 3.50. The van der Waals surface area contributed by atoms with Gasteiger partial charge in [0.25, 0.3) is 11.6 Å². The number of nitro benzene ring substituents is 1. The third-order valence-corrected chi connectivity index (χ3v) is 5.52. The van der Waals surface area contributed by atoms with Crippen LogP contribution in [0.15, 0.2) is 90.0 Å². The fourth-order valence-corrected chi connectivity index (χ4v) is 3.50. The molecule has 4 aromatic carbocycles. The van der Waals surface area contributed by atoms with Gasteiger partial charge in [-0.05, 0) is 55.0 Å². The Bertz CT molecular complexity index is 1480. The normalized spacial score (nSPS) is 11.7. The molecule has 4 aromatic rings. The van der Waals surface area contributed by atoms with Crippen LogP contribution in [0.4, 0.5) is 5.69 Å². The highest BCUT2D eigenvalue weighted by molar-refractivity contribution is 6.04. The van der Waals surface area contributed by atoms with Crippen LogP contribution in [0.5, 0.6) is 11.5 Å². The van der Waals surface area contributed by atoms with Gasteiger partial charge in [0, 0.05) is 17.7 Å². The second-order valence-corrected chi connectivity index (χ2v) is 8.20. The van der Waals surface area contributed by atoms with Gasteiger partial charge in [-0.1, -0.05) is 48.0 Å². The van der Waals surface area contributed by atoms with E-state index in [1.165, 1.54) is 37.4 Å². The largest absolute Gasteiger partial charge is 0.481 e. The van der Waals surface area contributed by atoms with Crippen LogP contribution in [0, 0.1) is 17.0 Å². The number of hydrogen-bond acceptors (Lipinski definition) is 7. The van der Waals surface area contributed by atoms with E-state index >= 15 is 0 Å². The smallest absolute Gasteiger partial charge is 0.343 e. The molecule has 0 aliphatic rings. The first-order valence-electron chi connectivity index (χ1n) is 11.4. The second kappa shape index (κ2) is 11.1. The van der Waals surface area contributed by atoms with Gasteiger partial charge in [-0.25, -0.2) is 10.2 Å². The Hall–Kier alpha value is -5.05. The van der Waals surface area contributed by atoms with E-state index in [-0.39, 0.29) is 11.4 Å². The Kier molecular flexibility index (Phi) is 7.53. The summed E-state index contributed by atoms with van der Waals surface area (Å²) in [7, 11) is 0. The van der Waals surface area contributed by atoms with E-state index in [9.17, 15) is 19.7 Å². The average Bonchev–Trinajstić information content (AvgIpc) is 2.90. The Balaban J connectivity index is 1.50. The molecule has 0 radical (unpaired) electrons. The highest BCUT2D eigenvalue weighted by atomic mass is 16.6. The number of amides is 1. The Morgan fingerprint density at radius 1 is 0.973 bits per heavy atom. The third kappa shape index (κ3) is 6.15. The molecule has 9 heteroatoms. The van der Waals surface area contributed by atoms with Gasteiger partial charge in [0.2, 0.25) is 0 Å². The molecular weight excluding hydrogens is 474 g/mol. The van der Waals surface area contributed by atoms with Crippen molar-refractivity contribution >= 4 is 34.6 Å². The number of hydrogen-bond donors (Lipinski definition) is 1. The van der Waals surface area contributed by atoms with Crippen LogP contribution in [0.3, 0.4) is 0 Å². The van der Waals surface area contributed by atoms with Crippen LogP contribution in [0.1, 0.15) is 28.4 Å². The number of esters is 1. The van der Waals surface area contributed by atoms with E-state index in [1.807, 2.05) is 49.4 Å². The lowest BCUT2D eigenvalue weighted by atomic mass is 10.0. The number of nitrogens with zero attached hydrogens (tertiary/aromatic N) is 2. The minimum Gasteiger partial charge on any atom is -0.481 e. The summed E-state index contributed by atoms with van der Waals surface area (Å²) < 4.78 is 11.2. The van der Waals surface area contributed by atoms with E-state index in [0.717, 1.165) is 16.3 Å². The van der Waals surface area contributed by atoms with Gasteiger partial charge in [-0.3, -0.25) is 14.9 Å². The summed E-state index contributed by atoms with van der Waals surface area (Å²) in [5.74, 6) is -0.457. The Morgan fingerprint density at radius 3 is 2.38 bits per heavy atom. The first-order chi connectivity index (χ1) is 17.8. The van der Waals surface area contributed by atoms with Crippen molar-refractivity contribution in [2.45, 2.75) is 20.0 Å². The summed E-state index contributed by atoms with van der Waals surface area (Å²) in [6, 6.07) is 23.5. The van der Waals surface area contributed by atoms with Crippen molar-refractivity contribution in [1.82, 2.24) is 5.43 Å². The van der Waals surface area contributed by atoms with Crippen LogP contribution >= 0.6 is 0 Å². The maximum atomic E-state index is 12.7. The predicted molar refractivity (Wildman–Crippen MR) is 139 cm³/mol. The highest BCUT2D eigenvalue weighted by Crippen LogP contribution is 2.27. The topological polar surface area (TPSA) is 120 Å². The van der Waals surface area contributed by atoms with Gasteiger partial charge in [0.05, 0.1) is 16.7 Å². The minimum absolute atomic E-state index is 0.0805. The van der Waals surface area contributed by atoms with Crippen molar-refractivity contribution in [3.8, 4) is 11.5 Å². The lowest BCUT2D eigenvalue weighted by Gasteiger charge is -2.13. The van der Waals surface area contributed by atoms with Gasteiger partial charge >= 0.3 is 5.97 Å². The molecule has 0 fully saturated rings. The van der Waals surface area contributed by atoms with Gasteiger partial charge in [0.1, 0.15) is 11.5 Å². The van der Waals surface area contributed by atoms with Crippen molar-refractivity contribution in [3.05, 3.63) is 112 Å². The van der Waals surface area contributed by atoms with Crippen LogP contribution in [-0.2, 0) is 4.79 Å². The quantitative estimate of drug-likeness (QED) is 0.118. The van der Waals surface area contributed by atoms with Crippen LogP contribution in [0.2, 0.25) is 0 Å². The molecule has 9 nitrogen and oxygen atoms in total. The van der Waals surface area contributed by atoms with Crippen LogP contribution in [-0.4, -0.2) is 29.1 Å². The molecule has 0 saturated carbocycles. The molecule has 0 saturated heterocycles. The fraction of sp³-hybridized carbons (Fsp3) is 0.107. The molecule has 37 heavy (non-hydrogen) atoms. The van der Waals surface area contributed by atoms with Gasteiger partial charge < -0.3 is 9.47 Å². The number of aryl methyl sites for hydroxylation is 1. The van der Waals surface area contributed by atoms with E-state index < -0.39 is 22.9 Å². The van der Waals surface area contributed by atoms with Crippen molar-refractivity contribution in [2.24, 2.45) is 5.10 Å². The zero-order chi connectivity index (χ0) is 26.4. The molecule has 0 spiro atoms. The number of rotatable bonds is 8. The molecule has 186 valence electrons. The number of nitrogens with one attached hydrogen (secondary N) is 1. The molecule has 0 heterocycles. The van der Waals surface area contributed by atoms with Crippen LogP contribution in [0.25, 0.3) is 10.8 Å². The zero-order valence-electron chi connectivity index (χ0n) is 20.1. The molecule has 1 atom stereocenters. The summed E-state index contributed by atoms with van der Waals surface area (Å²) in [5, 5.41) is 16.5. The summed E-state index contributed by atoms with van der Waals surface area (Å²) in [4.78, 5) is 35.5. The second-order valence-electron chi connectivity index (χ2n) is 8.20. The average molecular weight is 498 g/mol. The maximum Gasteiger partial charge on any atom is 0.343 e. The number of carbonyl (C=O) groups excluding carboxylic acids is 2. The monoisotopic (exact) mass is 497 g/mol. The molecule has 0 unspecified atom stereocenters. The Morgan fingerprint density at radius 2 is 1.68 bits per heavy atom. The number of ether oxygens (including phenoxy) is 2. The van der Waals surface area contributed by atoms with E-state index in [2.05, 4.69) is 10.5 Å². The van der Waals surface area contributed by atoms with Gasteiger partial charge in [0.15, 0.2) is 6.10 Å². The van der Waals surface area contributed by atoms with Crippen molar-refractivity contribution in [1.29, 1.82) is 0 Å². The predicted octanol–water partition coefficient (Wildman–Crippen LogP) is 5.19. The SMILES string of the molecule is Cc1ccc(C(=O)Oc2ccc3ccccc3c2/C=N\NC(=O)[C@H](C)Oc2ccc([N+](=O)[O-])cc2)cc1. The zero-order valence-corrected chi connectivity index (χ0v) is 20.1. The third-order valence-electron chi connectivity index (χ3n) is 5.52. The number of nitro groups is 1. The van der Waals surface area contributed by atoms with Crippen molar-refractivity contribution in [2.75, 3.05) is 0 Å². The number of fused-ring (bicyclic) bond motifs is 1. The lowest BCUT2D eigenvalue weighted by Crippen LogP contribution is -2.33. The summed E-state index contributed by atoms with van der Waals surface area (Å²) >= 11 is 0. The number of non-ortho nitro benzene ring substituents is 1. The summed E-state index contributed by atoms with van der Waals surface area (Å²) in [6.45, 7) is 3.46. The molecule has 0 bridgehead atoms. The molecule has 4 rings (SSSR count). The standard InChI is InChI=1S/C28H23N3O6/c1-18-7-9-21(10-8-18)28(33)37-26-16-11-20-5-3-4-6-24(20)25(26)17-29-30-27(32)19(2)36-23-14-12-22(13-15-23)31(34)35/h3-17,19H,1-2H3,(H,30,32)/b29-17-/t19-/m0/s1. The molecule has 0 aliphatic heterocycles. The maximum absolute atomic E-state index is 12.7. The van der Waals surface area contributed by atoms with E-state index in [4.69, 9.17) is 9.47 Å². The first kappa shape index (κ1) is 25.1. The minimum atomic E-state index is -0.926. The summed E-state index contributed by atoms with van der Waals surface area (Å²) in [6.07, 6.45) is 0.487. The molecule has 1 amide bonds. The van der Waals surface area contributed by atoms with Crippen LogP contribution < -0.4 is 14.9 Å². The lowest BCUT2D eigenvalue weighted by molar-refractivity contribution is -0.384. The van der Waals surface area contributed by atoms with Gasteiger partial charge in [-0.15, -0.1) is 0 Å². The number of carbonyl (C=O) groups is 2. The highest BCUT2D eigenvalue weighted by Gasteiger charge is 2.16.